The minimum absolute atomic E-state index is 0. The van der Waals surface area contributed by atoms with Crippen molar-refractivity contribution >= 4 is 47.2 Å². The number of nitrogens with zero attached hydrogens (tertiary/aromatic N) is 1. The number of nitrogens with two attached hydrogens (primary N) is 2. The SMILES string of the molecule is CCCCCCCCCCCCCCCCS(=O)(=O)NCCN(CCN)CCN.Cl.Cl.Cl. The summed E-state index contributed by atoms with van der Waals surface area (Å²) >= 11 is 0. The molecule has 0 aromatic heterocycles. The Hall–Kier alpha value is 0.660. The molecule has 0 saturated carbocycles. The van der Waals surface area contributed by atoms with Crippen LogP contribution in [0.5, 0.6) is 0 Å². The van der Waals surface area contributed by atoms with Gasteiger partial charge in [-0.05, 0) is 6.42 Å². The van der Waals surface area contributed by atoms with Gasteiger partial charge < -0.3 is 11.5 Å². The minimum Gasteiger partial charge on any atom is -0.329 e. The second-order valence-electron chi connectivity index (χ2n) is 8.23. The van der Waals surface area contributed by atoms with Crippen LogP contribution in [-0.2, 0) is 10.0 Å². The maximum Gasteiger partial charge on any atom is 0.211 e. The minimum atomic E-state index is -3.16. The lowest BCUT2D eigenvalue weighted by Crippen LogP contribution is -2.40. The molecule has 0 aromatic carbocycles. The molecule has 0 aromatic rings. The molecule has 0 atom stereocenters. The van der Waals surface area contributed by atoms with E-state index in [4.69, 9.17) is 11.5 Å². The molecule has 0 saturated heterocycles. The molecule has 200 valence electrons. The van der Waals surface area contributed by atoms with Crippen molar-refractivity contribution < 1.29 is 8.42 Å². The van der Waals surface area contributed by atoms with Crippen LogP contribution in [0.2, 0.25) is 0 Å². The fourth-order valence-corrected chi connectivity index (χ4v) is 4.75. The summed E-state index contributed by atoms with van der Waals surface area (Å²) in [7, 11) is -3.16. The van der Waals surface area contributed by atoms with Crippen molar-refractivity contribution in [2.45, 2.75) is 96.8 Å². The van der Waals surface area contributed by atoms with Crippen molar-refractivity contribution in [1.82, 2.24) is 9.62 Å². The summed E-state index contributed by atoms with van der Waals surface area (Å²) in [6, 6.07) is 0. The second kappa shape index (κ2) is 29.7. The molecule has 0 spiro atoms. The Morgan fingerprint density at radius 2 is 1.00 bits per heavy atom. The van der Waals surface area contributed by atoms with Gasteiger partial charge in [0.15, 0.2) is 0 Å². The molecule has 32 heavy (non-hydrogen) atoms. The van der Waals surface area contributed by atoms with Gasteiger partial charge in [0, 0.05) is 39.3 Å². The van der Waals surface area contributed by atoms with Crippen LogP contribution < -0.4 is 16.2 Å². The maximum atomic E-state index is 12.1. The first-order valence-corrected chi connectivity index (χ1v) is 13.8. The summed E-state index contributed by atoms with van der Waals surface area (Å²) in [5.74, 6) is 0.235. The molecular formula is C22H53Cl3N4O2S. The first kappa shape index (κ1) is 39.9. The lowest BCUT2D eigenvalue weighted by Gasteiger charge is -2.20. The van der Waals surface area contributed by atoms with E-state index in [-0.39, 0.29) is 43.0 Å². The Morgan fingerprint density at radius 1 is 0.625 bits per heavy atom. The van der Waals surface area contributed by atoms with E-state index in [1.807, 2.05) is 0 Å². The van der Waals surface area contributed by atoms with Crippen LogP contribution in [-0.4, -0.2) is 58.3 Å². The van der Waals surface area contributed by atoms with E-state index < -0.39 is 10.0 Å². The summed E-state index contributed by atoms with van der Waals surface area (Å²) in [5.41, 5.74) is 11.1. The molecule has 0 amide bonds. The van der Waals surface area contributed by atoms with Gasteiger partial charge in [0.1, 0.15) is 0 Å². The average Bonchev–Trinajstić information content (AvgIpc) is 2.68. The predicted molar refractivity (Wildman–Crippen MR) is 148 cm³/mol. The largest absolute Gasteiger partial charge is 0.329 e. The van der Waals surface area contributed by atoms with Crippen LogP contribution in [0.4, 0.5) is 0 Å². The third-order valence-electron chi connectivity index (χ3n) is 5.41. The normalized spacial score (nSPS) is 11.0. The lowest BCUT2D eigenvalue weighted by molar-refractivity contribution is 0.293. The fraction of sp³-hybridized carbons (Fsp3) is 1.00. The van der Waals surface area contributed by atoms with Crippen LogP contribution >= 0.6 is 37.2 Å². The van der Waals surface area contributed by atoms with E-state index in [0.29, 0.717) is 26.2 Å². The molecule has 0 bridgehead atoms. The van der Waals surface area contributed by atoms with Crippen LogP contribution in [0.25, 0.3) is 0 Å². The van der Waals surface area contributed by atoms with Gasteiger partial charge in [0.05, 0.1) is 5.75 Å². The highest BCUT2D eigenvalue weighted by Crippen LogP contribution is 2.13. The molecule has 0 aliphatic carbocycles. The van der Waals surface area contributed by atoms with Gasteiger partial charge in [-0.25, -0.2) is 13.1 Å². The average molecular weight is 544 g/mol. The van der Waals surface area contributed by atoms with Crippen molar-refractivity contribution in [3.8, 4) is 0 Å². The summed E-state index contributed by atoms with van der Waals surface area (Å²) < 4.78 is 26.8. The monoisotopic (exact) mass is 542 g/mol. The molecule has 6 nitrogen and oxygen atoms in total. The van der Waals surface area contributed by atoms with Gasteiger partial charge in [0.2, 0.25) is 10.0 Å². The number of halogens is 3. The van der Waals surface area contributed by atoms with Crippen molar-refractivity contribution in [1.29, 1.82) is 0 Å². The summed E-state index contributed by atoms with van der Waals surface area (Å²) in [4.78, 5) is 2.09. The van der Waals surface area contributed by atoms with E-state index in [1.54, 1.807) is 0 Å². The van der Waals surface area contributed by atoms with Crippen molar-refractivity contribution in [2.24, 2.45) is 11.5 Å². The Bertz CT molecular complexity index is 441. The van der Waals surface area contributed by atoms with Gasteiger partial charge in [-0.1, -0.05) is 90.4 Å². The number of hydrogen-bond donors (Lipinski definition) is 3. The van der Waals surface area contributed by atoms with Crippen molar-refractivity contribution in [3.05, 3.63) is 0 Å². The van der Waals surface area contributed by atoms with Crippen LogP contribution in [0.15, 0.2) is 0 Å². The fourth-order valence-electron chi connectivity index (χ4n) is 3.62. The number of unbranched alkanes of at least 4 members (excludes halogenated alkanes) is 13. The zero-order valence-electron chi connectivity index (χ0n) is 20.4. The number of nitrogens with one attached hydrogen (secondary N) is 1. The standard InChI is InChI=1S/C22H50N4O2S.3ClH/c1-2-3-4-5-6-7-8-9-10-11-12-13-14-15-22-29(27,28)25-18-21-26(19-16-23)20-17-24;;;/h25H,2-24H2,1H3;3*1H. The third kappa shape index (κ3) is 28.7. The van der Waals surface area contributed by atoms with Crippen molar-refractivity contribution in [2.75, 3.05) is 45.0 Å². The van der Waals surface area contributed by atoms with Crippen molar-refractivity contribution in [3.63, 3.8) is 0 Å². The first-order chi connectivity index (χ1) is 14.1. The Kier molecular flexibility index (Phi) is 37.0. The van der Waals surface area contributed by atoms with Crippen LogP contribution in [0.1, 0.15) is 96.8 Å². The van der Waals surface area contributed by atoms with Gasteiger partial charge in [0.25, 0.3) is 0 Å². The molecule has 0 unspecified atom stereocenters. The van der Waals surface area contributed by atoms with E-state index in [1.165, 1.54) is 70.6 Å². The molecule has 0 fully saturated rings. The van der Waals surface area contributed by atoms with Gasteiger partial charge in [-0.15, -0.1) is 37.2 Å². The molecular weight excluding hydrogens is 491 g/mol. The summed E-state index contributed by atoms with van der Waals surface area (Å²) in [6.45, 7) is 5.97. The smallest absolute Gasteiger partial charge is 0.211 e. The van der Waals surface area contributed by atoms with E-state index in [0.717, 1.165) is 32.4 Å². The van der Waals surface area contributed by atoms with Gasteiger partial charge in [-0.2, -0.15) is 0 Å². The Balaban J connectivity index is -0.00000131. The molecule has 0 heterocycles. The zero-order chi connectivity index (χ0) is 21.6. The Labute approximate surface area is 218 Å². The third-order valence-corrected chi connectivity index (χ3v) is 6.88. The topological polar surface area (TPSA) is 101 Å². The predicted octanol–water partition coefficient (Wildman–Crippen LogP) is 4.87. The lowest BCUT2D eigenvalue weighted by atomic mass is 10.0. The maximum absolute atomic E-state index is 12.1. The molecule has 0 radical (unpaired) electrons. The number of rotatable bonds is 23. The molecule has 0 aliphatic heterocycles. The van der Waals surface area contributed by atoms with E-state index in [2.05, 4.69) is 16.5 Å². The van der Waals surface area contributed by atoms with Crippen LogP contribution in [0, 0.1) is 0 Å². The van der Waals surface area contributed by atoms with E-state index >= 15 is 0 Å². The molecule has 0 rings (SSSR count). The number of hydrogen-bond acceptors (Lipinski definition) is 5. The van der Waals surface area contributed by atoms with Gasteiger partial charge >= 0.3 is 0 Å². The van der Waals surface area contributed by atoms with Crippen LogP contribution in [0.3, 0.4) is 0 Å². The highest BCUT2D eigenvalue weighted by Gasteiger charge is 2.10. The summed E-state index contributed by atoms with van der Waals surface area (Å²) in [6.07, 6.45) is 17.8. The Morgan fingerprint density at radius 3 is 1.38 bits per heavy atom. The highest BCUT2D eigenvalue weighted by atomic mass is 35.5. The molecule has 10 heteroatoms. The van der Waals surface area contributed by atoms with E-state index in [9.17, 15) is 8.42 Å². The second-order valence-corrected chi connectivity index (χ2v) is 10.2. The quantitative estimate of drug-likeness (QED) is 0.160. The van der Waals surface area contributed by atoms with Gasteiger partial charge in [-0.3, -0.25) is 4.90 Å². The zero-order valence-corrected chi connectivity index (χ0v) is 23.7. The summed E-state index contributed by atoms with van der Waals surface area (Å²) in [5, 5.41) is 0. The first-order valence-electron chi connectivity index (χ1n) is 12.2. The number of sulfonamides is 1. The molecule has 0 aliphatic rings. The highest BCUT2D eigenvalue weighted by molar-refractivity contribution is 7.89. The molecule has 5 N–H and O–H groups in total.